The van der Waals surface area contributed by atoms with Crippen LogP contribution in [0.3, 0.4) is 0 Å². The van der Waals surface area contributed by atoms with Gasteiger partial charge in [-0.3, -0.25) is 15.6 Å². The number of amides is 1. The first-order valence-electron chi connectivity index (χ1n) is 3.75. The maximum absolute atomic E-state index is 11.3. The summed E-state index contributed by atoms with van der Waals surface area (Å²) in [4.78, 5) is 11.3. The zero-order valence-corrected chi connectivity index (χ0v) is 7.97. The molecule has 0 spiro atoms. The molecule has 0 bridgehead atoms. The SMILES string of the molecule is NC(=S)NNC(=O)c1ccccc1O. The van der Waals surface area contributed by atoms with Crippen molar-refractivity contribution in [2.24, 2.45) is 5.73 Å². The van der Waals surface area contributed by atoms with E-state index in [0.717, 1.165) is 0 Å². The Morgan fingerprint density at radius 2 is 2.00 bits per heavy atom. The Balaban J connectivity index is 2.70. The van der Waals surface area contributed by atoms with Crippen molar-refractivity contribution in [1.82, 2.24) is 10.9 Å². The van der Waals surface area contributed by atoms with Crippen molar-refractivity contribution in [3.63, 3.8) is 0 Å². The number of aromatic hydroxyl groups is 1. The van der Waals surface area contributed by atoms with Gasteiger partial charge in [0.2, 0.25) is 0 Å². The van der Waals surface area contributed by atoms with Crippen LogP contribution in [0.5, 0.6) is 5.75 Å². The van der Waals surface area contributed by atoms with Gasteiger partial charge in [0.1, 0.15) is 5.75 Å². The van der Waals surface area contributed by atoms with Crippen LogP contribution in [0.25, 0.3) is 0 Å². The Bertz CT molecular complexity index is 367. The normalized spacial score (nSPS) is 9.14. The average molecular weight is 211 g/mol. The smallest absolute Gasteiger partial charge is 0.273 e. The van der Waals surface area contributed by atoms with E-state index in [1.807, 2.05) is 0 Å². The second-order valence-corrected chi connectivity index (χ2v) is 2.90. The molecule has 1 rings (SSSR count). The molecule has 5 nitrogen and oxygen atoms in total. The predicted octanol–water partition coefficient (Wildman–Crippen LogP) is -0.130. The Kier molecular flexibility index (Phi) is 3.24. The Hall–Kier alpha value is -1.82. The first-order chi connectivity index (χ1) is 6.61. The van der Waals surface area contributed by atoms with Crippen LogP contribution < -0.4 is 16.6 Å². The summed E-state index contributed by atoms with van der Waals surface area (Å²) >= 11 is 4.49. The second kappa shape index (κ2) is 4.43. The number of hydrogen-bond donors (Lipinski definition) is 4. The van der Waals surface area contributed by atoms with Crippen molar-refractivity contribution < 1.29 is 9.90 Å². The molecule has 1 amide bonds. The lowest BCUT2D eigenvalue weighted by Crippen LogP contribution is -2.44. The van der Waals surface area contributed by atoms with Gasteiger partial charge in [0, 0.05) is 0 Å². The van der Waals surface area contributed by atoms with Crippen molar-refractivity contribution in [2.45, 2.75) is 0 Å². The summed E-state index contributed by atoms with van der Waals surface area (Å²) in [6, 6.07) is 6.14. The van der Waals surface area contributed by atoms with E-state index in [1.165, 1.54) is 12.1 Å². The van der Waals surface area contributed by atoms with Crippen LogP contribution in [0.15, 0.2) is 24.3 Å². The number of hydrazine groups is 1. The first kappa shape index (κ1) is 10.3. The van der Waals surface area contributed by atoms with Gasteiger partial charge in [0.15, 0.2) is 5.11 Å². The summed E-state index contributed by atoms with van der Waals surface area (Å²) in [6.45, 7) is 0. The minimum atomic E-state index is -0.504. The highest BCUT2D eigenvalue weighted by atomic mass is 32.1. The molecule has 0 aliphatic carbocycles. The number of hydrogen-bond acceptors (Lipinski definition) is 3. The topological polar surface area (TPSA) is 87.4 Å². The lowest BCUT2D eigenvalue weighted by atomic mass is 10.2. The maximum Gasteiger partial charge on any atom is 0.273 e. The molecule has 0 saturated heterocycles. The molecular weight excluding hydrogens is 202 g/mol. The van der Waals surface area contributed by atoms with Crippen LogP contribution in [0.1, 0.15) is 10.4 Å². The zero-order chi connectivity index (χ0) is 10.6. The largest absolute Gasteiger partial charge is 0.507 e. The highest BCUT2D eigenvalue weighted by Gasteiger charge is 2.08. The van der Waals surface area contributed by atoms with E-state index in [0.29, 0.717) is 0 Å². The lowest BCUT2D eigenvalue weighted by Gasteiger charge is -2.06. The number of nitrogens with two attached hydrogens (primary N) is 1. The number of thiocarbonyl (C=S) groups is 1. The van der Waals surface area contributed by atoms with Crippen molar-refractivity contribution in [2.75, 3.05) is 0 Å². The summed E-state index contributed by atoms with van der Waals surface area (Å²) in [5.41, 5.74) is 9.74. The van der Waals surface area contributed by atoms with E-state index in [9.17, 15) is 9.90 Å². The molecule has 14 heavy (non-hydrogen) atoms. The van der Waals surface area contributed by atoms with Gasteiger partial charge >= 0.3 is 0 Å². The quantitative estimate of drug-likeness (QED) is 0.384. The van der Waals surface area contributed by atoms with E-state index in [4.69, 9.17) is 5.73 Å². The molecule has 0 heterocycles. The molecule has 0 atom stereocenters. The van der Waals surface area contributed by atoms with Gasteiger partial charge in [-0.25, -0.2) is 0 Å². The number of benzene rings is 1. The third-order valence-electron chi connectivity index (χ3n) is 1.45. The highest BCUT2D eigenvalue weighted by molar-refractivity contribution is 7.80. The van der Waals surface area contributed by atoms with E-state index in [2.05, 4.69) is 23.1 Å². The molecule has 6 heteroatoms. The van der Waals surface area contributed by atoms with Crippen LogP contribution in [-0.2, 0) is 0 Å². The van der Waals surface area contributed by atoms with Crippen molar-refractivity contribution in [3.8, 4) is 5.75 Å². The molecule has 1 aromatic carbocycles. The number of phenols is 1. The van der Waals surface area contributed by atoms with E-state index >= 15 is 0 Å². The fraction of sp³-hybridized carbons (Fsp3) is 0. The number of para-hydroxylation sites is 1. The third kappa shape index (κ3) is 2.60. The number of nitrogens with one attached hydrogen (secondary N) is 2. The molecule has 0 aliphatic heterocycles. The molecule has 1 aromatic rings. The Morgan fingerprint density at radius 1 is 1.36 bits per heavy atom. The standard InChI is InChI=1S/C8H9N3O2S/c9-8(14)11-10-7(13)5-3-1-2-4-6(5)12/h1-4,12H,(H,10,13)(H3,9,11,14). The van der Waals surface area contributed by atoms with E-state index in [1.54, 1.807) is 12.1 Å². The van der Waals surface area contributed by atoms with Gasteiger partial charge in [-0.2, -0.15) is 0 Å². The monoisotopic (exact) mass is 211 g/mol. The second-order valence-electron chi connectivity index (χ2n) is 2.46. The first-order valence-corrected chi connectivity index (χ1v) is 4.16. The average Bonchev–Trinajstić information content (AvgIpc) is 2.15. The number of rotatable bonds is 1. The highest BCUT2D eigenvalue weighted by Crippen LogP contribution is 2.14. The number of carbonyl (C=O) groups excluding carboxylic acids is 1. The van der Waals surface area contributed by atoms with Gasteiger partial charge in [-0.15, -0.1) is 0 Å². The molecule has 74 valence electrons. The predicted molar refractivity (Wildman–Crippen MR) is 55.5 cm³/mol. The van der Waals surface area contributed by atoms with E-state index < -0.39 is 5.91 Å². The lowest BCUT2D eigenvalue weighted by molar-refractivity contribution is 0.0941. The summed E-state index contributed by atoms with van der Waals surface area (Å²) in [5, 5.41) is 9.25. The van der Waals surface area contributed by atoms with Crippen molar-refractivity contribution >= 4 is 23.2 Å². The fourth-order valence-corrected chi connectivity index (χ4v) is 0.902. The zero-order valence-electron chi connectivity index (χ0n) is 7.15. The molecule has 0 unspecified atom stereocenters. The number of carbonyl (C=O) groups is 1. The molecule has 0 fully saturated rings. The molecule has 5 N–H and O–H groups in total. The van der Waals surface area contributed by atoms with Crippen LogP contribution in [0.4, 0.5) is 0 Å². The minimum absolute atomic E-state index is 0.0474. The molecule has 0 saturated carbocycles. The van der Waals surface area contributed by atoms with Crippen LogP contribution >= 0.6 is 12.2 Å². The molecular formula is C8H9N3O2S. The molecule has 0 radical (unpaired) electrons. The van der Waals surface area contributed by atoms with Crippen molar-refractivity contribution in [3.05, 3.63) is 29.8 Å². The van der Waals surface area contributed by atoms with Crippen LogP contribution in [0, 0.1) is 0 Å². The van der Waals surface area contributed by atoms with Gasteiger partial charge in [-0.1, -0.05) is 12.1 Å². The summed E-state index contributed by atoms with van der Waals surface area (Å²) < 4.78 is 0. The number of phenolic OH excluding ortho intramolecular Hbond substituents is 1. The molecule has 0 aromatic heterocycles. The van der Waals surface area contributed by atoms with E-state index in [-0.39, 0.29) is 16.4 Å². The Labute approximate surface area is 85.9 Å². The van der Waals surface area contributed by atoms with Gasteiger partial charge < -0.3 is 10.8 Å². The maximum atomic E-state index is 11.3. The minimum Gasteiger partial charge on any atom is -0.507 e. The summed E-state index contributed by atoms with van der Waals surface area (Å²) in [6.07, 6.45) is 0. The van der Waals surface area contributed by atoms with Crippen molar-refractivity contribution in [1.29, 1.82) is 0 Å². The Morgan fingerprint density at radius 3 is 2.57 bits per heavy atom. The summed E-state index contributed by atoms with van der Waals surface area (Å²) in [7, 11) is 0. The summed E-state index contributed by atoms with van der Waals surface area (Å²) in [5.74, 6) is -0.606. The van der Waals surface area contributed by atoms with Crippen LogP contribution in [-0.4, -0.2) is 16.1 Å². The van der Waals surface area contributed by atoms with Crippen LogP contribution in [0.2, 0.25) is 0 Å². The van der Waals surface area contributed by atoms with Gasteiger partial charge in [0.05, 0.1) is 5.56 Å². The molecule has 0 aliphatic rings. The fourth-order valence-electron chi connectivity index (χ4n) is 0.851. The van der Waals surface area contributed by atoms with Gasteiger partial charge in [-0.05, 0) is 24.4 Å². The van der Waals surface area contributed by atoms with Gasteiger partial charge in [0.25, 0.3) is 5.91 Å². The third-order valence-corrected chi connectivity index (χ3v) is 1.55.